The van der Waals surface area contributed by atoms with Gasteiger partial charge in [0.05, 0.1) is 0 Å². The third-order valence-electron chi connectivity index (χ3n) is 3.93. The zero-order valence-corrected chi connectivity index (χ0v) is 15.6. The van der Waals surface area contributed by atoms with Gasteiger partial charge in [-0.25, -0.2) is 0 Å². The molecule has 28 heavy (non-hydrogen) atoms. The van der Waals surface area contributed by atoms with Gasteiger partial charge in [0.25, 0.3) is 0 Å². The van der Waals surface area contributed by atoms with Gasteiger partial charge in [0.15, 0.2) is 0 Å². The predicted molar refractivity (Wildman–Crippen MR) is 104 cm³/mol. The van der Waals surface area contributed by atoms with Gasteiger partial charge in [0.2, 0.25) is 0 Å². The molecule has 0 heterocycles. The SMILES string of the molecule is Cl.NCc1ccc(-c2cccc(OCc3ccccc3)c2)cc1OC(F)(F)F. The Bertz CT molecular complexity index is 902. The van der Waals surface area contributed by atoms with Gasteiger partial charge in [-0.05, 0) is 34.9 Å². The molecule has 0 radical (unpaired) electrons. The lowest BCUT2D eigenvalue weighted by molar-refractivity contribution is -0.274. The molecular weight excluding hydrogens is 391 g/mol. The van der Waals surface area contributed by atoms with Gasteiger partial charge >= 0.3 is 6.36 Å². The van der Waals surface area contributed by atoms with Crippen LogP contribution in [0, 0.1) is 0 Å². The van der Waals surface area contributed by atoms with Crippen molar-refractivity contribution in [3.05, 3.63) is 83.9 Å². The predicted octanol–water partition coefficient (Wildman–Crippen LogP) is 5.71. The number of alkyl halides is 3. The number of nitrogens with two attached hydrogens (primary N) is 1. The molecule has 0 aliphatic rings. The van der Waals surface area contributed by atoms with Crippen LogP contribution in [0.2, 0.25) is 0 Å². The van der Waals surface area contributed by atoms with Gasteiger partial charge in [-0.15, -0.1) is 25.6 Å². The Morgan fingerprint density at radius 2 is 1.54 bits per heavy atom. The minimum Gasteiger partial charge on any atom is -0.489 e. The fourth-order valence-electron chi connectivity index (χ4n) is 2.63. The van der Waals surface area contributed by atoms with Crippen molar-refractivity contribution in [2.24, 2.45) is 5.73 Å². The van der Waals surface area contributed by atoms with Crippen molar-refractivity contribution in [2.75, 3.05) is 0 Å². The number of rotatable bonds is 6. The summed E-state index contributed by atoms with van der Waals surface area (Å²) in [4.78, 5) is 0. The molecule has 0 spiro atoms. The van der Waals surface area contributed by atoms with Crippen molar-refractivity contribution in [3.8, 4) is 22.6 Å². The van der Waals surface area contributed by atoms with E-state index in [1.165, 1.54) is 12.1 Å². The molecule has 0 aromatic heterocycles. The topological polar surface area (TPSA) is 44.5 Å². The standard InChI is InChI=1S/C21H18F3NO2.ClH/c22-21(23,24)27-20-12-17(9-10-18(20)13-25)16-7-4-8-19(11-16)26-14-15-5-2-1-3-6-15;/h1-12H,13-14,25H2;1H. The first-order chi connectivity index (χ1) is 12.9. The molecule has 2 N–H and O–H groups in total. The van der Waals surface area contributed by atoms with E-state index in [-0.39, 0.29) is 30.3 Å². The highest BCUT2D eigenvalue weighted by molar-refractivity contribution is 5.85. The molecule has 7 heteroatoms. The third kappa shape index (κ3) is 5.90. The van der Waals surface area contributed by atoms with E-state index >= 15 is 0 Å². The molecule has 0 fully saturated rings. The van der Waals surface area contributed by atoms with Crippen LogP contribution in [0.3, 0.4) is 0 Å². The number of ether oxygens (including phenoxy) is 2. The summed E-state index contributed by atoms with van der Waals surface area (Å²) in [5.74, 6) is 0.329. The molecular formula is C21H19ClF3NO2. The Morgan fingerprint density at radius 1 is 0.821 bits per heavy atom. The second kappa shape index (κ2) is 9.48. The number of hydrogen-bond donors (Lipinski definition) is 1. The monoisotopic (exact) mass is 409 g/mol. The first kappa shape index (κ1) is 21.6. The van der Waals surface area contributed by atoms with E-state index in [0.29, 0.717) is 17.9 Å². The molecule has 0 amide bonds. The van der Waals surface area contributed by atoms with E-state index in [1.54, 1.807) is 30.3 Å². The number of halogens is 4. The molecule has 0 unspecified atom stereocenters. The van der Waals surface area contributed by atoms with Crippen LogP contribution in [-0.4, -0.2) is 6.36 Å². The fraction of sp³-hybridized carbons (Fsp3) is 0.143. The molecule has 0 aliphatic carbocycles. The maximum atomic E-state index is 12.6. The highest BCUT2D eigenvalue weighted by atomic mass is 35.5. The van der Waals surface area contributed by atoms with Crippen molar-refractivity contribution in [1.82, 2.24) is 0 Å². The summed E-state index contributed by atoms with van der Waals surface area (Å²) in [7, 11) is 0. The summed E-state index contributed by atoms with van der Waals surface area (Å²) >= 11 is 0. The molecule has 0 bridgehead atoms. The largest absolute Gasteiger partial charge is 0.573 e. The zero-order chi connectivity index (χ0) is 19.3. The average Bonchev–Trinajstić information content (AvgIpc) is 2.66. The summed E-state index contributed by atoms with van der Waals surface area (Å²) in [5, 5.41) is 0. The molecule has 3 aromatic rings. The maximum absolute atomic E-state index is 12.6. The quantitative estimate of drug-likeness (QED) is 0.567. The van der Waals surface area contributed by atoms with Crippen LogP contribution in [0.25, 0.3) is 11.1 Å². The molecule has 148 valence electrons. The van der Waals surface area contributed by atoms with Crippen molar-refractivity contribution < 1.29 is 22.6 Å². The Balaban J connectivity index is 0.00000280. The fourth-order valence-corrected chi connectivity index (χ4v) is 2.63. The van der Waals surface area contributed by atoms with Crippen LogP contribution in [-0.2, 0) is 13.2 Å². The van der Waals surface area contributed by atoms with Gasteiger partial charge in [-0.1, -0.05) is 54.6 Å². The maximum Gasteiger partial charge on any atom is 0.573 e. The number of benzene rings is 3. The summed E-state index contributed by atoms with van der Waals surface area (Å²) in [6.07, 6.45) is -4.77. The Hall–Kier alpha value is -2.70. The van der Waals surface area contributed by atoms with Crippen molar-refractivity contribution >= 4 is 12.4 Å². The average molecular weight is 410 g/mol. The molecule has 3 rings (SSSR count). The highest BCUT2D eigenvalue weighted by Gasteiger charge is 2.32. The first-order valence-corrected chi connectivity index (χ1v) is 8.30. The Kier molecular flexibility index (Phi) is 7.31. The molecule has 3 nitrogen and oxygen atoms in total. The van der Waals surface area contributed by atoms with Gasteiger partial charge in [-0.2, -0.15) is 0 Å². The minimum atomic E-state index is -4.77. The summed E-state index contributed by atoms with van der Waals surface area (Å²) in [6, 6.07) is 21.4. The Labute approximate surface area is 167 Å². The number of hydrogen-bond acceptors (Lipinski definition) is 3. The lowest BCUT2D eigenvalue weighted by atomic mass is 10.0. The van der Waals surface area contributed by atoms with Gasteiger partial charge in [0, 0.05) is 12.1 Å². The lowest BCUT2D eigenvalue weighted by Gasteiger charge is -2.14. The van der Waals surface area contributed by atoms with E-state index in [2.05, 4.69) is 4.74 Å². The second-order valence-corrected chi connectivity index (χ2v) is 5.88. The van der Waals surface area contributed by atoms with Crippen LogP contribution in [0.1, 0.15) is 11.1 Å². The van der Waals surface area contributed by atoms with Crippen molar-refractivity contribution in [1.29, 1.82) is 0 Å². The van der Waals surface area contributed by atoms with Gasteiger partial charge < -0.3 is 15.2 Å². The summed E-state index contributed by atoms with van der Waals surface area (Å²) < 4.78 is 47.8. The van der Waals surface area contributed by atoms with Crippen LogP contribution in [0.5, 0.6) is 11.5 Å². The normalized spacial score (nSPS) is 10.9. The lowest BCUT2D eigenvalue weighted by Crippen LogP contribution is -2.18. The van der Waals surface area contributed by atoms with E-state index in [0.717, 1.165) is 11.1 Å². The second-order valence-electron chi connectivity index (χ2n) is 5.88. The van der Waals surface area contributed by atoms with E-state index < -0.39 is 6.36 Å². The smallest absolute Gasteiger partial charge is 0.489 e. The molecule has 3 aromatic carbocycles. The van der Waals surface area contributed by atoms with Crippen LogP contribution in [0.4, 0.5) is 13.2 Å². The van der Waals surface area contributed by atoms with E-state index in [1.807, 2.05) is 30.3 Å². The van der Waals surface area contributed by atoms with E-state index in [9.17, 15) is 13.2 Å². The first-order valence-electron chi connectivity index (χ1n) is 8.30. The summed E-state index contributed by atoms with van der Waals surface area (Å²) in [6.45, 7) is 0.352. The molecule has 0 saturated heterocycles. The van der Waals surface area contributed by atoms with Crippen LogP contribution < -0.4 is 15.2 Å². The highest BCUT2D eigenvalue weighted by Crippen LogP contribution is 2.32. The minimum absolute atomic E-state index is 0. The van der Waals surface area contributed by atoms with Gasteiger partial charge in [-0.3, -0.25) is 0 Å². The molecule has 0 saturated carbocycles. The van der Waals surface area contributed by atoms with E-state index in [4.69, 9.17) is 10.5 Å². The van der Waals surface area contributed by atoms with Crippen molar-refractivity contribution in [3.63, 3.8) is 0 Å². The van der Waals surface area contributed by atoms with Crippen LogP contribution in [0.15, 0.2) is 72.8 Å². The molecule has 0 atom stereocenters. The molecule has 0 aliphatic heterocycles. The zero-order valence-electron chi connectivity index (χ0n) is 14.8. The van der Waals surface area contributed by atoms with Gasteiger partial charge in [0.1, 0.15) is 18.1 Å². The Morgan fingerprint density at radius 3 is 2.21 bits per heavy atom. The van der Waals surface area contributed by atoms with Crippen LogP contribution >= 0.6 is 12.4 Å². The third-order valence-corrected chi connectivity index (χ3v) is 3.93. The summed E-state index contributed by atoms with van der Waals surface area (Å²) in [5.41, 5.74) is 8.12. The van der Waals surface area contributed by atoms with Crippen molar-refractivity contribution in [2.45, 2.75) is 19.5 Å².